The van der Waals surface area contributed by atoms with Crippen molar-refractivity contribution >= 4 is 33.1 Å². The van der Waals surface area contributed by atoms with E-state index < -0.39 is 0 Å². The molecule has 0 atom stereocenters. The molecule has 0 aromatic heterocycles. The third kappa shape index (κ3) is 3.24. The topological polar surface area (TPSA) is 0 Å². The van der Waals surface area contributed by atoms with Gasteiger partial charge in [-0.3, -0.25) is 0 Å². The quantitative estimate of drug-likeness (QED) is 0.355. The fourth-order valence-corrected chi connectivity index (χ4v) is 2.56. The van der Waals surface area contributed by atoms with Crippen molar-refractivity contribution in [1.82, 2.24) is 0 Å². The molecule has 0 fully saturated rings. The number of benzene rings is 4. The molecule has 0 aliphatic rings. The van der Waals surface area contributed by atoms with E-state index in [1.807, 2.05) is 30.3 Å². The van der Waals surface area contributed by atoms with E-state index in [-0.39, 0.29) is 0 Å². The molecule has 0 nitrogen and oxygen atoms in total. The summed E-state index contributed by atoms with van der Waals surface area (Å²) in [5, 5.41) is 5.76. The van der Waals surface area contributed by atoms with Crippen LogP contribution < -0.4 is 0 Å². The molecule has 0 aliphatic carbocycles. The Morgan fingerprint density at radius 2 is 0.857 bits per heavy atom. The molecule has 0 aliphatic heterocycles. The lowest BCUT2D eigenvalue weighted by atomic mass is 10.1. The average molecular weight is 291 g/mol. The first-order valence-corrected chi connectivity index (χ1v) is 7.29. The molecule has 4 aromatic rings. The highest BCUT2D eigenvalue weighted by molar-refractivity contribution is 6.35. The van der Waals surface area contributed by atoms with Crippen LogP contribution >= 0.6 is 11.6 Å². The van der Waals surface area contributed by atoms with Crippen LogP contribution in [0.2, 0.25) is 5.02 Å². The van der Waals surface area contributed by atoms with Crippen LogP contribution in [-0.4, -0.2) is 0 Å². The summed E-state index contributed by atoms with van der Waals surface area (Å²) >= 11 is 5.96. The average Bonchev–Trinajstić information content (AvgIpc) is 2.56. The molecule has 0 amide bonds. The predicted octanol–water partition coefficient (Wildman–Crippen LogP) is 6.33. The zero-order chi connectivity index (χ0) is 14.5. The zero-order valence-corrected chi connectivity index (χ0v) is 12.3. The van der Waals surface area contributed by atoms with Gasteiger partial charge < -0.3 is 0 Å². The van der Waals surface area contributed by atoms with E-state index in [1.165, 1.54) is 16.2 Å². The molecule has 0 radical (unpaired) electrons. The molecule has 102 valence electrons. The highest BCUT2D eigenvalue weighted by Crippen LogP contribution is 2.22. The van der Waals surface area contributed by atoms with Crippen LogP contribution in [-0.2, 0) is 0 Å². The Morgan fingerprint density at radius 1 is 0.429 bits per heavy atom. The fourth-order valence-electron chi connectivity index (χ4n) is 2.32. The molecular formula is C20H15Cl. The van der Waals surface area contributed by atoms with Gasteiger partial charge in [-0.05, 0) is 22.2 Å². The second kappa shape index (κ2) is 6.43. The van der Waals surface area contributed by atoms with Crippen LogP contribution in [0.4, 0.5) is 0 Å². The summed E-state index contributed by atoms with van der Waals surface area (Å²) in [6, 6.07) is 30.7. The van der Waals surface area contributed by atoms with Crippen molar-refractivity contribution < 1.29 is 0 Å². The van der Waals surface area contributed by atoms with Crippen LogP contribution in [0.3, 0.4) is 0 Å². The van der Waals surface area contributed by atoms with Gasteiger partial charge in [-0.15, -0.1) is 0 Å². The minimum atomic E-state index is 0.822. The Morgan fingerprint density at radius 3 is 1.38 bits per heavy atom. The van der Waals surface area contributed by atoms with Gasteiger partial charge in [0, 0.05) is 10.4 Å². The predicted molar refractivity (Wildman–Crippen MR) is 92.9 cm³/mol. The van der Waals surface area contributed by atoms with Gasteiger partial charge in [-0.25, -0.2) is 0 Å². The Labute approximate surface area is 129 Å². The third-order valence-corrected chi connectivity index (χ3v) is 3.72. The first kappa shape index (κ1) is 13.7. The highest BCUT2D eigenvalue weighted by atomic mass is 35.5. The summed E-state index contributed by atoms with van der Waals surface area (Å²) in [6.07, 6.45) is 0. The number of rotatable bonds is 0. The Kier molecular flexibility index (Phi) is 4.18. The molecular weight excluding hydrogens is 276 g/mol. The summed E-state index contributed by atoms with van der Waals surface area (Å²) in [5.74, 6) is 0. The highest BCUT2D eigenvalue weighted by Gasteiger charge is 1.94. The first-order valence-electron chi connectivity index (χ1n) is 6.92. The molecule has 0 N–H and O–H groups in total. The lowest BCUT2D eigenvalue weighted by Crippen LogP contribution is -1.70. The van der Waals surface area contributed by atoms with Crippen LogP contribution in [0.15, 0.2) is 91.0 Å². The van der Waals surface area contributed by atoms with Crippen molar-refractivity contribution in [2.45, 2.75) is 0 Å². The molecule has 0 saturated heterocycles. The van der Waals surface area contributed by atoms with Crippen molar-refractivity contribution in [3.63, 3.8) is 0 Å². The molecule has 0 unspecified atom stereocenters. The van der Waals surface area contributed by atoms with Gasteiger partial charge in [-0.1, -0.05) is 96.5 Å². The number of fused-ring (bicyclic) bond motifs is 2. The van der Waals surface area contributed by atoms with Crippen molar-refractivity contribution in [2.75, 3.05) is 0 Å². The molecule has 0 bridgehead atoms. The molecule has 21 heavy (non-hydrogen) atoms. The van der Waals surface area contributed by atoms with Crippen LogP contribution in [0.5, 0.6) is 0 Å². The zero-order valence-electron chi connectivity index (χ0n) is 11.5. The Balaban J connectivity index is 0.000000126. The minimum absolute atomic E-state index is 0.822. The minimum Gasteiger partial charge on any atom is -0.0837 e. The summed E-state index contributed by atoms with van der Waals surface area (Å²) in [7, 11) is 0. The van der Waals surface area contributed by atoms with E-state index in [1.54, 1.807) is 0 Å². The smallest absolute Gasteiger partial charge is 0.0484 e. The molecule has 4 aromatic carbocycles. The van der Waals surface area contributed by atoms with Crippen LogP contribution in [0, 0.1) is 0 Å². The first-order chi connectivity index (χ1) is 10.3. The molecule has 0 spiro atoms. The van der Waals surface area contributed by atoms with Crippen molar-refractivity contribution in [1.29, 1.82) is 0 Å². The van der Waals surface area contributed by atoms with Crippen molar-refractivity contribution in [3.05, 3.63) is 96.0 Å². The lowest BCUT2D eigenvalue weighted by molar-refractivity contribution is 1.75. The van der Waals surface area contributed by atoms with Crippen LogP contribution in [0.25, 0.3) is 21.5 Å². The second-order valence-corrected chi connectivity index (χ2v) is 5.22. The second-order valence-electron chi connectivity index (χ2n) is 4.81. The maximum atomic E-state index is 5.96. The van der Waals surface area contributed by atoms with Crippen LogP contribution in [0.1, 0.15) is 0 Å². The van der Waals surface area contributed by atoms with Gasteiger partial charge in [0.05, 0.1) is 0 Å². The van der Waals surface area contributed by atoms with E-state index in [4.69, 9.17) is 11.6 Å². The Bertz CT molecular complexity index is 794. The van der Waals surface area contributed by atoms with E-state index in [2.05, 4.69) is 60.7 Å². The monoisotopic (exact) mass is 290 g/mol. The standard InChI is InChI=1S/C10H7Cl.C10H8/c11-10-7-3-5-8-4-1-2-6-9(8)10;1-2-6-10-8-4-3-7-9(10)5-1/h1-7H;1-8H. The van der Waals surface area contributed by atoms with Gasteiger partial charge in [0.25, 0.3) is 0 Å². The summed E-state index contributed by atoms with van der Waals surface area (Å²) in [5.41, 5.74) is 0. The Hall–Kier alpha value is -2.31. The number of hydrogen-bond acceptors (Lipinski definition) is 0. The number of hydrogen-bond donors (Lipinski definition) is 0. The summed E-state index contributed by atoms with van der Waals surface area (Å²) in [6.45, 7) is 0. The summed E-state index contributed by atoms with van der Waals surface area (Å²) in [4.78, 5) is 0. The molecule has 1 heteroatoms. The molecule has 0 heterocycles. The largest absolute Gasteiger partial charge is 0.0837 e. The van der Waals surface area contributed by atoms with Gasteiger partial charge in [-0.2, -0.15) is 0 Å². The summed E-state index contributed by atoms with van der Waals surface area (Å²) < 4.78 is 0. The third-order valence-electron chi connectivity index (χ3n) is 3.40. The van der Waals surface area contributed by atoms with E-state index >= 15 is 0 Å². The van der Waals surface area contributed by atoms with Crippen molar-refractivity contribution in [3.8, 4) is 0 Å². The van der Waals surface area contributed by atoms with Gasteiger partial charge in [0.2, 0.25) is 0 Å². The lowest BCUT2D eigenvalue weighted by Gasteiger charge is -1.97. The fraction of sp³-hybridized carbons (Fsp3) is 0. The molecule has 0 saturated carbocycles. The van der Waals surface area contributed by atoms with Gasteiger partial charge in [0.1, 0.15) is 0 Å². The normalized spacial score (nSPS) is 10.1. The van der Waals surface area contributed by atoms with E-state index in [0.717, 1.165) is 10.4 Å². The SMILES string of the molecule is Clc1cccc2ccccc12.c1ccc2ccccc2c1. The van der Waals surface area contributed by atoms with Gasteiger partial charge in [0.15, 0.2) is 0 Å². The van der Waals surface area contributed by atoms with E-state index in [0.29, 0.717) is 0 Å². The van der Waals surface area contributed by atoms with Crippen molar-refractivity contribution in [2.24, 2.45) is 0 Å². The van der Waals surface area contributed by atoms with Gasteiger partial charge >= 0.3 is 0 Å². The van der Waals surface area contributed by atoms with E-state index in [9.17, 15) is 0 Å². The maximum Gasteiger partial charge on any atom is 0.0484 e. The maximum absolute atomic E-state index is 5.96. The molecule has 4 rings (SSSR count). The number of halogens is 1.